The van der Waals surface area contributed by atoms with E-state index in [0.717, 1.165) is 70.6 Å². The van der Waals surface area contributed by atoms with Crippen molar-refractivity contribution >= 4 is 11.9 Å². The zero-order valence-electron chi connectivity index (χ0n) is 27.6. The van der Waals surface area contributed by atoms with E-state index in [2.05, 4.69) is 26.0 Å². The number of hydrogen-bond donors (Lipinski definition) is 1. The van der Waals surface area contributed by atoms with Gasteiger partial charge in [-0.2, -0.15) is 0 Å². The molecule has 0 aromatic carbocycles. The summed E-state index contributed by atoms with van der Waals surface area (Å²) in [6.45, 7) is 4.48. The van der Waals surface area contributed by atoms with Gasteiger partial charge in [0.25, 0.3) is 0 Å². The number of carbonyl (C=O) groups excluding carboxylic acids is 2. The van der Waals surface area contributed by atoms with Crippen molar-refractivity contribution in [2.75, 3.05) is 0 Å². The second-order valence-electron chi connectivity index (χ2n) is 12.1. The standard InChI is InChI=1S/C36H68O4.Zn/c1-3-5-7-9-10-11-12-13-14-15-16-17-21-24-28-32-35(38)40-36(39)33-29-25-22-19-18-20-23-27-31-34(37)30-26-8-6-4-2;/h23,27,34,37H,3-22,24-26,28-33H2,1-2H3;/b27-23-;/t34-;/m1./s1. The van der Waals surface area contributed by atoms with Crippen molar-refractivity contribution in [3.63, 3.8) is 0 Å². The molecule has 0 rings (SSSR count). The molecule has 0 bridgehead atoms. The van der Waals surface area contributed by atoms with E-state index in [-0.39, 0.29) is 37.5 Å². The van der Waals surface area contributed by atoms with Gasteiger partial charge in [0.05, 0.1) is 6.10 Å². The Morgan fingerprint density at radius 2 is 0.902 bits per heavy atom. The van der Waals surface area contributed by atoms with Gasteiger partial charge in [0.2, 0.25) is 0 Å². The number of esters is 2. The Morgan fingerprint density at radius 1 is 0.537 bits per heavy atom. The molecule has 0 fully saturated rings. The minimum absolute atomic E-state index is 0. The molecular weight excluding hydrogens is 562 g/mol. The van der Waals surface area contributed by atoms with Gasteiger partial charge >= 0.3 is 11.9 Å². The summed E-state index contributed by atoms with van der Waals surface area (Å²) in [6, 6.07) is 0. The van der Waals surface area contributed by atoms with Crippen LogP contribution < -0.4 is 0 Å². The number of hydrogen-bond acceptors (Lipinski definition) is 4. The average Bonchev–Trinajstić information content (AvgIpc) is 2.94. The first-order valence-electron chi connectivity index (χ1n) is 17.7. The summed E-state index contributed by atoms with van der Waals surface area (Å²) in [5.41, 5.74) is 0. The van der Waals surface area contributed by atoms with Gasteiger partial charge in [0.15, 0.2) is 0 Å². The number of unbranched alkanes of at least 4 members (excludes halogenated alkanes) is 22. The van der Waals surface area contributed by atoms with Crippen LogP contribution in [0.4, 0.5) is 0 Å². The summed E-state index contributed by atoms with van der Waals surface area (Å²) in [5.74, 6) is -0.709. The summed E-state index contributed by atoms with van der Waals surface area (Å²) in [7, 11) is 0. The van der Waals surface area contributed by atoms with E-state index in [1.54, 1.807) is 0 Å². The fraction of sp³-hybridized carbons (Fsp3) is 0.889. The topological polar surface area (TPSA) is 63.6 Å². The van der Waals surface area contributed by atoms with Gasteiger partial charge in [0.1, 0.15) is 0 Å². The predicted molar refractivity (Wildman–Crippen MR) is 171 cm³/mol. The smallest absolute Gasteiger partial charge is 0.313 e. The molecule has 41 heavy (non-hydrogen) atoms. The third-order valence-electron chi connectivity index (χ3n) is 7.93. The Hall–Kier alpha value is -0.537. The van der Waals surface area contributed by atoms with Crippen LogP contribution >= 0.6 is 0 Å². The van der Waals surface area contributed by atoms with Crippen molar-refractivity contribution in [2.45, 2.75) is 206 Å². The summed E-state index contributed by atoms with van der Waals surface area (Å²) in [5, 5.41) is 9.97. The summed E-state index contributed by atoms with van der Waals surface area (Å²) >= 11 is 0. The zero-order chi connectivity index (χ0) is 29.4. The Bertz CT molecular complexity index is 578. The molecule has 0 aromatic rings. The van der Waals surface area contributed by atoms with Gasteiger partial charge in [-0.1, -0.05) is 161 Å². The second-order valence-corrected chi connectivity index (χ2v) is 12.1. The molecule has 1 N–H and O–H groups in total. The molecule has 0 radical (unpaired) electrons. The van der Waals surface area contributed by atoms with Gasteiger partial charge in [-0.3, -0.25) is 9.59 Å². The van der Waals surface area contributed by atoms with E-state index in [0.29, 0.717) is 12.8 Å². The van der Waals surface area contributed by atoms with Gasteiger partial charge in [-0.15, -0.1) is 0 Å². The third kappa shape index (κ3) is 35.6. The molecule has 0 aromatic heterocycles. The van der Waals surface area contributed by atoms with Crippen molar-refractivity contribution in [1.29, 1.82) is 0 Å². The van der Waals surface area contributed by atoms with Crippen LogP contribution in [-0.4, -0.2) is 23.1 Å². The van der Waals surface area contributed by atoms with Crippen LogP contribution in [0.3, 0.4) is 0 Å². The van der Waals surface area contributed by atoms with E-state index in [4.69, 9.17) is 4.74 Å². The van der Waals surface area contributed by atoms with E-state index in [9.17, 15) is 14.7 Å². The molecule has 0 saturated carbocycles. The van der Waals surface area contributed by atoms with Crippen molar-refractivity contribution in [1.82, 2.24) is 0 Å². The number of rotatable bonds is 31. The SMILES string of the molecule is CCCCCCCCCCCCCCCCCC(=O)OC(=O)CCCCCCC/C=C\C[C@H](O)CCCCCC.[Zn]. The Labute approximate surface area is 268 Å². The molecule has 0 aliphatic carbocycles. The zero-order valence-corrected chi connectivity index (χ0v) is 30.6. The first kappa shape index (κ1) is 42.6. The van der Waals surface area contributed by atoms with Crippen LogP contribution in [0, 0.1) is 0 Å². The normalized spacial score (nSPS) is 12.0. The molecule has 0 amide bonds. The molecule has 0 aliphatic heterocycles. The van der Waals surface area contributed by atoms with Gasteiger partial charge in [-0.25, -0.2) is 0 Å². The van der Waals surface area contributed by atoms with E-state index < -0.39 is 0 Å². The minimum Gasteiger partial charge on any atom is -0.393 e. The quantitative estimate of drug-likeness (QED) is 0.0272. The first-order valence-corrected chi connectivity index (χ1v) is 17.7. The largest absolute Gasteiger partial charge is 0.393 e. The Morgan fingerprint density at radius 3 is 1.34 bits per heavy atom. The molecule has 0 spiro atoms. The van der Waals surface area contributed by atoms with Crippen molar-refractivity contribution in [2.24, 2.45) is 0 Å². The number of aliphatic hydroxyl groups is 1. The minimum atomic E-state index is -0.359. The van der Waals surface area contributed by atoms with E-state index in [1.807, 2.05) is 0 Å². The molecule has 1 atom stereocenters. The first-order chi connectivity index (χ1) is 19.6. The maximum atomic E-state index is 11.9. The van der Waals surface area contributed by atoms with Crippen molar-refractivity contribution < 1.29 is 38.9 Å². The predicted octanol–water partition coefficient (Wildman–Crippen LogP) is 11.3. The van der Waals surface area contributed by atoms with Crippen LogP contribution in [0.25, 0.3) is 0 Å². The fourth-order valence-electron chi connectivity index (χ4n) is 5.23. The molecule has 238 valence electrons. The van der Waals surface area contributed by atoms with Crippen LogP contribution in [-0.2, 0) is 33.8 Å². The van der Waals surface area contributed by atoms with Crippen LogP contribution in [0.5, 0.6) is 0 Å². The second kappa shape index (κ2) is 35.7. The van der Waals surface area contributed by atoms with Gasteiger partial charge < -0.3 is 9.84 Å². The Kier molecular flexibility index (Phi) is 37.0. The van der Waals surface area contributed by atoms with E-state index >= 15 is 0 Å². The summed E-state index contributed by atoms with van der Waals surface area (Å²) < 4.78 is 4.99. The molecular formula is C36H68O4Zn. The monoisotopic (exact) mass is 628 g/mol. The maximum Gasteiger partial charge on any atom is 0.313 e. The summed E-state index contributed by atoms with van der Waals surface area (Å²) in [6.07, 6.45) is 37.1. The van der Waals surface area contributed by atoms with Crippen molar-refractivity contribution in [3.05, 3.63) is 12.2 Å². The molecule has 5 heteroatoms. The third-order valence-corrected chi connectivity index (χ3v) is 7.93. The maximum absolute atomic E-state index is 11.9. The van der Waals surface area contributed by atoms with Crippen LogP contribution in [0.15, 0.2) is 12.2 Å². The molecule has 4 nitrogen and oxygen atoms in total. The number of carbonyl (C=O) groups is 2. The van der Waals surface area contributed by atoms with E-state index in [1.165, 1.54) is 103 Å². The number of ether oxygens (including phenoxy) is 1. The van der Waals surface area contributed by atoms with Gasteiger partial charge in [0, 0.05) is 32.3 Å². The molecule has 0 unspecified atom stereocenters. The summed E-state index contributed by atoms with van der Waals surface area (Å²) in [4.78, 5) is 23.8. The van der Waals surface area contributed by atoms with Crippen LogP contribution in [0.2, 0.25) is 0 Å². The average molecular weight is 630 g/mol. The molecule has 0 saturated heterocycles. The van der Waals surface area contributed by atoms with Gasteiger partial charge in [-0.05, 0) is 38.5 Å². The number of allylic oxidation sites excluding steroid dienone is 1. The molecule has 0 aliphatic rings. The van der Waals surface area contributed by atoms with Crippen LogP contribution in [0.1, 0.15) is 200 Å². The van der Waals surface area contributed by atoms with Crippen molar-refractivity contribution in [3.8, 4) is 0 Å². The number of aliphatic hydroxyl groups excluding tert-OH is 1. The Balaban J connectivity index is 0. The fourth-order valence-corrected chi connectivity index (χ4v) is 5.23. The molecule has 0 heterocycles.